The van der Waals surface area contributed by atoms with Gasteiger partial charge in [-0.15, -0.1) is 0 Å². The van der Waals surface area contributed by atoms with Gasteiger partial charge < -0.3 is 10.2 Å². The van der Waals surface area contributed by atoms with E-state index >= 15 is 0 Å². The Morgan fingerprint density at radius 3 is 2.62 bits per heavy atom. The van der Waals surface area contributed by atoms with E-state index in [9.17, 15) is 0 Å². The summed E-state index contributed by atoms with van der Waals surface area (Å²) in [6.45, 7) is 11.7. The Labute approximate surface area is 138 Å². The zero-order valence-electron chi connectivity index (χ0n) is 13.6. The van der Waals surface area contributed by atoms with Gasteiger partial charge in [0, 0.05) is 23.6 Å². The van der Waals surface area contributed by atoms with E-state index in [0.29, 0.717) is 6.04 Å². The summed E-state index contributed by atoms with van der Waals surface area (Å²) in [6.07, 6.45) is 2.57. The maximum absolute atomic E-state index is 3.64. The third-order valence-corrected chi connectivity index (χ3v) is 4.87. The number of piperidine rings is 1. The van der Waals surface area contributed by atoms with E-state index < -0.39 is 0 Å². The van der Waals surface area contributed by atoms with Gasteiger partial charge in [-0.3, -0.25) is 0 Å². The zero-order valence-corrected chi connectivity index (χ0v) is 15.2. The molecule has 1 N–H and O–H groups in total. The summed E-state index contributed by atoms with van der Waals surface area (Å²) in [5.74, 6) is 1.69. The number of likely N-dealkylation sites (tertiary alicyclic amines) is 1. The highest BCUT2D eigenvalue weighted by molar-refractivity contribution is 9.10. The fraction of sp³-hybridized carbons (Fsp3) is 0.667. The van der Waals surface area contributed by atoms with Crippen LogP contribution in [0.1, 0.15) is 45.2 Å². The summed E-state index contributed by atoms with van der Waals surface area (Å²) in [7, 11) is 0. The van der Waals surface area contributed by atoms with Crippen LogP contribution in [0.25, 0.3) is 0 Å². The highest BCUT2D eigenvalue weighted by Crippen LogP contribution is 2.24. The standard InChI is InChI=1S/C18H29BrN2/c1-4-20-18(16-6-5-7-17(19)11-16)8-9-21-12-14(2)10-15(3)13-21/h5-7,11,14-15,18,20H,4,8-10,12-13H2,1-3H3. The molecule has 0 saturated carbocycles. The van der Waals surface area contributed by atoms with Crippen LogP contribution in [0.4, 0.5) is 0 Å². The molecule has 21 heavy (non-hydrogen) atoms. The van der Waals surface area contributed by atoms with Crippen molar-refractivity contribution in [3.05, 3.63) is 34.3 Å². The summed E-state index contributed by atoms with van der Waals surface area (Å²) in [4.78, 5) is 2.65. The summed E-state index contributed by atoms with van der Waals surface area (Å²) >= 11 is 3.59. The van der Waals surface area contributed by atoms with Gasteiger partial charge >= 0.3 is 0 Å². The molecule has 1 aromatic carbocycles. The van der Waals surface area contributed by atoms with Crippen molar-refractivity contribution in [2.45, 2.75) is 39.7 Å². The Hall–Kier alpha value is -0.380. The highest BCUT2D eigenvalue weighted by atomic mass is 79.9. The van der Waals surface area contributed by atoms with Gasteiger partial charge in [-0.1, -0.05) is 48.8 Å². The van der Waals surface area contributed by atoms with Crippen molar-refractivity contribution in [3.8, 4) is 0 Å². The monoisotopic (exact) mass is 352 g/mol. The largest absolute Gasteiger partial charge is 0.310 e. The number of benzene rings is 1. The van der Waals surface area contributed by atoms with E-state index in [1.807, 2.05) is 0 Å². The molecule has 1 heterocycles. The van der Waals surface area contributed by atoms with E-state index in [0.717, 1.165) is 18.4 Å². The van der Waals surface area contributed by atoms with Gasteiger partial charge in [-0.05, 0) is 55.5 Å². The maximum atomic E-state index is 3.64. The topological polar surface area (TPSA) is 15.3 Å². The lowest BCUT2D eigenvalue weighted by atomic mass is 9.91. The van der Waals surface area contributed by atoms with Gasteiger partial charge in [0.2, 0.25) is 0 Å². The molecule has 1 aromatic rings. The molecular formula is C18H29BrN2. The summed E-state index contributed by atoms with van der Waals surface area (Å²) in [5.41, 5.74) is 1.39. The Balaban J connectivity index is 1.94. The number of nitrogens with zero attached hydrogens (tertiary/aromatic N) is 1. The molecule has 118 valence electrons. The van der Waals surface area contributed by atoms with Crippen molar-refractivity contribution in [2.75, 3.05) is 26.2 Å². The fourth-order valence-corrected chi connectivity index (χ4v) is 4.06. The first-order valence-corrected chi connectivity index (χ1v) is 9.09. The van der Waals surface area contributed by atoms with Crippen LogP contribution < -0.4 is 5.32 Å². The molecule has 3 heteroatoms. The van der Waals surface area contributed by atoms with Crippen LogP contribution in [0.3, 0.4) is 0 Å². The molecule has 0 aromatic heterocycles. The van der Waals surface area contributed by atoms with Gasteiger partial charge in [0.25, 0.3) is 0 Å². The molecule has 0 radical (unpaired) electrons. The van der Waals surface area contributed by atoms with Crippen LogP contribution in [0, 0.1) is 11.8 Å². The van der Waals surface area contributed by atoms with Crippen molar-refractivity contribution in [1.29, 1.82) is 0 Å². The van der Waals surface area contributed by atoms with Crippen molar-refractivity contribution < 1.29 is 0 Å². The second-order valence-electron chi connectivity index (χ2n) is 6.66. The Morgan fingerprint density at radius 1 is 1.29 bits per heavy atom. The first kappa shape index (κ1) is 17.0. The zero-order chi connectivity index (χ0) is 15.2. The third-order valence-electron chi connectivity index (χ3n) is 4.38. The molecule has 3 atom stereocenters. The molecule has 2 nitrogen and oxygen atoms in total. The Bertz CT molecular complexity index is 425. The van der Waals surface area contributed by atoms with Crippen LogP contribution in [0.2, 0.25) is 0 Å². The number of hydrogen-bond donors (Lipinski definition) is 1. The van der Waals surface area contributed by atoms with E-state index in [4.69, 9.17) is 0 Å². The number of nitrogens with one attached hydrogen (secondary N) is 1. The molecular weight excluding hydrogens is 324 g/mol. The van der Waals surface area contributed by atoms with Crippen molar-refractivity contribution in [1.82, 2.24) is 10.2 Å². The number of hydrogen-bond acceptors (Lipinski definition) is 2. The van der Waals surface area contributed by atoms with Crippen molar-refractivity contribution in [3.63, 3.8) is 0 Å². The molecule has 1 fully saturated rings. The third kappa shape index (κ3) is 5.39. The van der Waals surface area contributed by atoms with Crippen molar-refractivity contribution in [2.24, 2.45) is 11.8 Å². The second-order valence-corrected chi connectivity index (χ2v) is 7.58. The summed E-state index contributed by atoms with van der Waals surface area (Å²) in [5, 5.41) is 3.64. The molecule has 3 unspecified atom stereocenters. The molecule has 0 spiro atoms. The van der Waals surface area contributed by atoms with Gasteiger partial charge in [-0.25, -0.2) is 0 Å². The minimum absolute atomic E-state index is 0.458. The molecule has 2 rings (SSSR count). The van der Waals surface area contributed by atoms with Crippen LogP contribution in [-0.4, -0.2) is 31.1 Å². The predicted molar refractivity (Wildman–Crippen MR) is 94.6 cm³/mol. The lowest BCUT2D eigenvalue weighted by Crippen LogP contribution is -2.40. The fourth-order valence-electron chi connectivity index (χ4n) is 3.64. The van der Waals surface area contributed by atoms with Crippen LogP contribution in [0.5, 0.6) is 0 Å². The number of halogens is 1. The summed E-state index contributed by atoms with van der Waals surface area (Å²) in [6, 6.07) is 9.17. The van der Waals surface area contributed by atoms with Gasteiger partial charge in [0.1, 0.15) is 0 Å². The normalized spacial score (nSPS) is 25.0. The molecule has 0 bridgehead atoms. The highest BCUT2D eigenvalue weighted by Gasteiger charge is 2.22. The van der Waals surface area contributed by atoms with Crippen molar-refractivity contribution >= 4 is 15.9 Å². The molecule has 1 aliphatic heterocycles. The molecule has 0 aliphatic carbocycles. The predicted octanol–water partition coefficient (Wildman–Crippen LogP) is 4.47. The van der Waals surface area contributed by atoms with Crippen LogP contribution in [0.15, 0.2) is 28.7 Å². The van der Waals surface area contributed by atoms with Crippen LogP contribution >= 0.6 is 15.9 Å². The molecule has 1 aliphatic rings. The lowest BCUT2D eigenvalue weighted by Gasteiger charge is -2.35. The maximum Gasteiger partial charge on any atom is 0.0332 e. The molecule has 1 saturated heterocycles. The van der Waals surface area contributed by atoms with E-state index in [2.05, 4.69) is 71.2 Å². The lowest BCUT2D eigenvalue weighted by molar-refractivity contribution is 0.135. The van der Waals surface area contributed by atoms with Gasteiger partial charge in [-0.2, -0.15) is 0 Å². The van der Waals surface area contributed by atoms with E-state index in [-0.39, 0.29) is 0 Å². The summed E-state index contributed by atoms with van der Waals surface area (Å²) < 4.78 is 1.17. The smallest absolute Gasteiger partial charge is 0.0332 e. The first-order valence-electron chi connectivity index (χ1n) is 8.29. The average Bonchev–Trinajstić information content (AvgIpc) is 2.42. The average molecular weight is 353 g/mol. The van der Waals surface area contributed by atoms with E-state index in [1.165, 1.54) is 42.5 Å². The van der Waals surface area contributed by atoms with Gasteiger partial charge in [0.05, 0.1) is 0 Å². The minimum atomic E-state index is 0.458. The molecule has 0 amide bonds. The van der Waals surface area contributed by atoms with E-state index in [1.54, 1.807) is 0 Å². The second kappa shape index (κ2) is 8.30. The SMILES string of the molecule is CCNC(CCN1CC(C)CC(C)C1)c1cccc(Br)c1. The van der Waals surface area contributed by atoms with Gasteiger partial charge in [0.15, 0.2) is 0 Å². The first-order chi connectivity index (χ1) is 10.1. The quantitative estimate of drug-likeness (QED) is 0.812. The minimum Gasteiger partial charge on any atom is -0.310 e. The Kier molecular flexibility index (Phi) is 6.72. The van der Waals surface area contributed by atoms with Crippen LogP contribution in [-0.2, 0) is 0 Å². The number of rotatable bonds is 6. The Morgan fingerprint density at radius 2 is 2.00 bits per heavy atom.